The van der Waals surface area contributed by atoms with Crippen molar-refractivity contribution in [1.82, 2.24) is 4.98 Å². The number of phenolic OH excluding ortho intramolecular Hbond substituents is 1. The zero-order chi connectivity index (χ0) is 20.8. The number of aromatic hydroxyl groups is 1. The first-order valence-corrected chi connectivity index (χ1v) is 9.47. The van der Waals surface area contributed by atoms with Crippen LogP contribution in [0.3, 0.4) is 0 Å². The van der Waals surface area contributed by atoms with E-state index in [1.807, 2.05) is 36.4 Å². The van der Waals surface area contributed by atoms with Crippen LogP contribution in [0.15, 0.2) is 66.7 Å². The van der Waals surface area contributed by atoms with E-state index < -0.39 is 5.91 Å². The Morgan fingerprint density at radius 1 is 1.03 bits per heavy atom. The number of anilines is 2. The summed E-state index contributed by atoms with van der Waals surface area (Å²) in [5, 5.41) is 17.1. The fraction of sp³-hybridized carbons (Fsp3) is 0.0417. The van der Waals surface area contributed by atoms with Crippen LogP contribution >= 0.6 is 0 Å². The summed E-state index contributed by atoms with van der Waals surface area (Å²) < 4.78 is 5.13. The number of hydrogen-bond acceptors (Lipinski definition) is 4. The number of amides is 1. The first-order chi connectivity index (χ1) is 14.6. The van der Waals surface area contributed by atoms with Gasteiger partial charge in [0.1, 0.15) is 5.75 Å². The number of carbonyl (C=O) groups excluding carboxylic acids is 1. The zero-order valence-electron chi connectivity index (χ0n) is 16.2. The summed E-state index contributed by atoms with van der Waals surface area (Å²) in [7, 11) is 1.58. The van der Waals surface area contributed by atoms with Crippen molar-refractivity contribution in [3.05, 3.63) is 72.3 Å². The third-order valence-corrected chi connectivity index (χ3v) is 5.39. The number of methoxy groups -OCH3 is 1. The topological polar surface area (TPSA) is 100 Å². The molecule has 6 heteroatoms. The molecule has 0 radical (unpaired) electrons. The normalized spacial score (nSPS) is 11.2. The summed E-state index contributed by atoms with van der Waals surface area (Å²) >= 11 is 0. The van der Waals surface area contributed by atoms with Crippen molar-refractivity contribution in [1.29, 1.82) is 0 Å². The second kappa shape index (κ2) is 6.70. The lowest BCUT2D eigenvalue weighted by atomic mass is 10.00. The molecule has 1 aromatic heterocycles. The molecule has 148 valence electrons. The molecule has 5 aromatic rings. The molecule has 4 aromatic carbocycles. The molecule has 0 unspecified atom stereocenters. The van der Waals surface area contributed by atoms with Crippen molar-refractivity contribution in [2.24, 2.45) is 0 Å². The van der Waals surface area contributed by atoms with E-state index in [1.54, 1.807) is 37.4 Å². The molecule has 0 aliphatic carbocycles. The molecule has 30 heavy (non-hydrogen) atoms. The summed E-state index contributed by atoms with van der Waals surface area (Å²) in [6.07, 6.45) is 0. The summed E-state index contributed by atoms with van der Waals surface area (Å²) in [6.45, 7) is 0. The van der Waals surface area contributed by atoms with Crippen molar-refractivity contribution in [3.63, 3.8) is 0 Å². The number of hydrogen-bond donors (Lipinski definition) is 4. The first-order valence-electron chi connectivity index (χ1n) is 9.47. The number of nitrogens with two attached hydrogens (primary N) is 1. The SMILES string of the molecule is COc1ccc(NC(=O)c2cc3ccc4c5ccccc5[nH]c4c3c(N)c2O)cc1. The molecule has 0 saturated carbocycles. The lowest BCUT2D eigenvalue weighted by Crippen LogP contribution is -2.13. The maximum atomic E-state index is 12.8. The number of phenols is 1. The van der Waals surface area contributed by atoms with Crippen molar-refractivity contribution >= 4 is 49.9 Å². The average molecular weight is 397 g/mol. The van der Waals surface area contributed by atoms with Crippen LogP contribution in [0.1, 0.15) is 10.4 Å². The minimum atomic E-state index is -0.442. The minimum Gasteiger partial charge on any atom is -0.505 e. The Morgan fingerprint density at radius 3 is 2.57 bits per heavy atom. The van der Waals surface area contributed by atoms with Crippen LogP contribution < -0.4 is 15.8 Å². The number of carbonyl (C=O) groups is 1. The van der Waals surface area contributed by atoms with Gasteiger partial charge in [-0.15, -0.1) is 0 Å². The van der Waals surface area contributed by atoms with Crippen LogP contribution in [0.5, 0.6) is 11.5 Å². The second-order valence-electron chi connectivity index (χ2n) is 7.13. The van der Waals surface area contributed by atoms with E-state index in [0.717, 1.165) is 27.2 Å². The Morgan fingerprint density at radius 2 is 1.80 bits per heavy atom. The molecule has 5 N–H and O–H groups in total. The van der Waals surface area contributed by atoms with E-state index in [1.165, 1.54) is 0 Å². The van der Waals surface area contributed by atoms with E-state index in [9.17, 15) is 9.90 Å². The van der Waals surface area contributed by atoms with Crippen LogP contribution in [0, 0.1) is 0 Å². The monoisotopic (exact) mass is 397 g/mol. The van der Waals surface area contributed by atoms with Gasteiger partial charge in [0.15, 0.2) is 5.75 Å². The van der Waals surface area contributed by atoms with E-state index >= 15 is 0 Å². The van der Waals surface area contributed by atoms with Gasteiger partial charge in [0.25, 0.3) is 5.91 Å². The van der Waals surface area contributed by atoms with E-state index in [-0.39, 0.29) is 17.0 Å². The van der Waals surface area contributed by atoms with Crippen molar-refractivity contribution in [2.45, 2.75) is 0 Å². The number of H-pyrrole nitrogens is 1. The lowest BCUT2D eigenvalue weighted by molar-refractivity contribution is 0.102. The molecule has 1 heterocycles. The highest BCUT2D eigenvalue weighted by Gasteiger charge is 2.19. The molecular weight excluding hydrogens is 378 g/mol. The fourth-order valence-electron chi connectivity index (χ4n) is 3.88. The molecule has 0 fully saturated rings. The lowest BCUT2D eigenvalue weighted by Gasteiger charge is -2.12. The Hall–Kier alpha value is -4.19. The number of benzene rings is 4. The second-order valence-corrected chi connectivity index (χ2v) is 7.13. The minimum absolute atomic E-state index is 0.117. The van der Waals surface area contributed by atoms with Crippen molar-refractivity contribution in [3.8, 4) is 11.5 Å². The van der Waals surface area contributed by atoms with Crippen LogP contribution in [0.4, 0.5) is 11.4 Å². The van der Waals surface area contributed by atoms with Gasteiger partial charge in [0, 0.05) is 27.4 Å². The predicted molar refractivity (Wildman–Crippen MR) is 120 cm³/mol. The molecule has 0 saturated heterocycles. The Kier molecular flexibility index (Phi) is 3.99. The molecule has 1 amide bonds. The number of nitrogens with one attached hydrogen (secondary N) is 2. The maximum absolute atomic E-state index is 12.8. The highest BCUT2D eigenvalue weighted by molar-refractivity contribution is 6.22. The summed E-state index contributed by atoms with van der Waals surface area (Å²) in [4.78, 5) is 16.2. The summed E-state index contributed by atoms with van der Waals surface area (Å²) in [5.74, 6) is 0.0100. The van der Waals surface area contributed by atoms with Crippen molar-refractivity contribution < 1.29 is 14.6 Å². The number of fused-ring (bicyclic) bond motifs is 5. The maximum Gasteiger partial charge on any atom is 0.259 e. The van der Waals surface area contributed by atoms with Gasteiger partial charge in [-0.05, 0) is 41.8 Å². The van der Waals surface area contributed by atoms with E-state index in [0.29, 0.717) is 16.8 Å². The molecule has 0 aliphatic heterocycles. The third kappa shape index (κ3) is 2.69. The van der Waals surface area contributed by atoms with Gasteiger partial charge in [0.05, 0.1) is 23.9 Å². The van der Waals surface area contributed by atoms with Gasteiger partial charge in [-0.1, -0.05) is 30.3 Å². The number of rotatable bonds is 3. The smallest absolute Gasteiger partial charge is 0.259 e. The van der Waals surface area contributed by atoms with Gasteiger partial charge in [0.2, 0.25) is 0 Å². The quantitative estimate of drug-likeness (QED) is 0.254. The first kappa shape index (κ1) is 17.9. The molecule has 5 rings (SSSR count). The molecule has 0 spiro atoms. The number of para-hydroxylation sites is 1. The largest absolute Gasteiger partial charge is 0.505 e. The van der Waals surface area contributed by atoms with Crippen LogP contribution in [-0.4, -0.2) is 23.1 Å². The average Bonchev–Trinajstić information content (AvgIpc) is 3.15. The summed E-state index contributed by atoms with van der Waals surface area (Å²) in [6, 6.07) is 20.5. The van der Waals surface area contributed by atoms with Gasteiger partial charge in [-0.25, -0.2) is 0 Å². The Bertz CT molecular complexity index is 1440. The molecule has 0 bridgehead atoms. The van der Waals surface area contributed by atoms with Crippen LogP contribution in [0.2, 0.25) is 0 Å². The molecule has 0 atom stereocenters. The Balaban J connectivity index is 1.62. The predicted octanol–water partition coefficient (Wildman–Crippen LogP) is 5.02. The summed E-state index contributed by atoms with van der Waals surface area (Å²) in [5.41, 5.74) is 9.01. The fourth-order valence-corrected chi connectivity index (χ4v) is 3.88. The van der Waals surface area contributed by atoms with E-state index in [2.05, 4.69) is 10.3 Å². The van der Waals surface area contributed by atoms with Crippen LogP contribution in [-0.2, 0) is 0 Å². The van der Waals surface area contributed by atoms with E-state index in [4.69, 9.17) is 10.5 Å². The number of aromatic amines is 1. The number of ether oxygens (including phenoxy) is 1. The Labute approximate surface area is 171 Å². The third-order valence-electron chi connectivity index (χ3n) is 5.39. The standard InChI is InChI=1S/C24H19N3O3/c1-30-15-9-7-14(8-10-15)26-24(29)18-12-13-6-11-17-16-4-2-3-5-19(16)27-22(17)20(13)21(25)23(18)28/h2-12,27-28H,25H2,1H3,(H,26,29). The van der Waals surface area contributed by atoms with Gasteiger partial charge in [-0.2, -0.15) is 0 Å². The highest BCUT2D eigenvalue weighted by Crippen LogP contribution is 2.40. The van der Waals surface area contributed by atoms with Gasteiger partial charge < -0.3 is 25.9 Å². The zero-order valence-corrected chi connectivity index (χ0v) is 16.2. The molecule has 0 aliphatic rings. The van der Waals surface area contributed by atoms with Crippen molar-refractivity contribution in [2.75, 3.05) is 18.2 Å². The number of nitrogen functional groups attached to an aromatic ring is 1. The van der Waals surface area contributed by atoms with Crippen LogP contribution in [0.25, 0.3) is 32.6 Å². The molecular formula is C24H19N3O3. The molecule has 6 nitrogen and oxygen atoms in total. The van der Waals surface area contributed by atoms with Gasteiger partial charge >= 0.3 is 0 Å². The van der Waals surface area contributed by atoms with Gasteiger partial charge in [-0.3, -0.25) is 4.79 Å². The number of aromatic nitrogens is 1. The highest BCUT2D eigenvalue weighted by atomic mass is 16.5.